The molecule has 0 amide bonds. The van der Waals surface area contributed by atoms with E-state index in [1.165, 1.54) is 0 Å². The molecule has 17 heavy (non-hydrogen) atoms. The van der Waals surface area contributed by atoms with Gasteiger partial charge in [0.25, 0.3) is 0 Å². The van der Waals surface area contributed by atoms with Crippen molar-refractivity contribution in [3.8, 4) is 5.75 Å². The Morgan fingerprint density at radius 3 is 2.59 bits per heavy atom. The van der Waals surface area contributed by atoms with Crippen LogP contribution in [0.5, 0.6) is 5.75 Å². The Hall–Kier alpha value is -2.09. The molecule has 0 aromatic heterocycles. The van der Waals surface area contributed by atoms with Crippen LogP contribution in [-0.2, 0) is 4.79 Å². The summed E-state index contributed by atoms with van der Waals surface area (Å²) in [7, 11) is 0. The Labute approximate surface area is 101 Å². The zero-order chi connectivity index (χ0) is 12.4. The zero-order valence-electron chi connectivity index (χ0n) is 9.99. The van der Waals surface area contributed by atoms with Crippen molar-refractivity contribution < 1.29 is 9.53 Å². The molecular weight excluding hydrogens is 212 g/mol. The number of hydrogen-bond donors (Lipinski definition) is 0. The number of carbonyl (C=O) groups is 1. The number of benzene rings is 2. The molecule has 2 aromatic carbocycles. The molecule has 0 saturated heterocycles. The third kappa shape index (κ3) is 2.21. The van der Waals surface area contributed by atoms with Gasteiger partial charge in [0, 0.05) is 11.0 Å². The predicted molar refractivity (Wildman–Crippen MR) is 69.1 cm³/mol. The van der Waals surface area contributed by atoms with E-state index < -0.39 is 0 Å². The Bertz CT molecular complexity index is 597. The van der Waals surface area contributed by atoms with E-state index in [4.69, 9.17) is 4.74 Å². The van der Waals surface area contributed by atoms with E-state index in [9.17, 15) is 4.79 Å². The zero-order valence-corrected chi connectivity index (χ0v) is 9.99. The Kier molecular flexibility index (Phi) is 2.96. The third-order valence-corrected chi connectivity index (χ3v) is 2.62. The summed E-state index contributed by atoms with van der Waals surface area (Å²) in [5.41, 5.74) is 1.34. The van der Waals surface area contributed by atoms with Crippen LogP contribution in [0.4, 0.5) is 0 Å². The predicted octanol–water partition coefficient (Wildman–Crippen LogP) is 3.63. The Morgan fingerprint density at radius 1 is 1.18 bits per heavy atom. The van der Waals surface area contributed by atoms with Gasteiger partial charge in [-0.3, -0.25) is 0 Å². The summed E-state index contributed by atoms with van der Waals surface area (Å²) >= 11 is 0. The smallest absolute Gasteiger partial charge is 0.338 e. The van der Waals surface area contributed by atoms with Gasteiger partial charge in [0.15, 0.2) is 0 Å². The molecule has 0 radical (unpaired) electrons. The maximum Gasteiger partial charge on any atom is 0.338 e. The normalized spacial score (nSPS) is 10.2. The lowest BCUT2D eigenvalue weighted by Gasteiger charge is -2.10. The first-order chi connectivity index (χ1) is 8.09. The lowest BCUT2D eigenvalue weighted by molar-refractivity contribution is -0.130. The van der Waals surface area contributed by atoms with E-state index in [2.05, 4.69) is 6.58 Å². The van der Waals surface area contributed by atoms with E-state index in [0.717, 1.165) is 16.3 Å². The van der Waals surface area contributed by atoms with Crippen LogP contribution < -0.4 is 4.74 Å². The molecule has 0 bridgehead atoms. The molecule has 2 rings (SSSR count). The van der Waals surface area contributed by atoms with E-state index >= 15 is 0 Å². The van der Waals surface area contributed by atoms with Gasteiger partial charge in [-0.1, -0.05) is 43.0 Å². The molecule has 0 unspecified atom stereocenters. The number of hydrogen-bond acceptors (Lipinski definition) is 2. The van der Waals surface area contributed by atoms with Crippen LogP contribution in [0.3, 0.4) is 0 Å². The second-order valence-corrected chi connectivity index (χ2v) is 4.10. The number of aryl methyl sites for hydroxylation is 1. The van der Waals surface area contributed by atoms with E-state index in [1.807, 2.05) is 43.3 Å². The second-order valence-electron chi connectivity index (χ2n) is 4.10. The highest BCUT2D eigenvalue weighted by atomic mass is 16.5. The highest BCUT2D eigenvalue weighted by molar-refractivity contribution is 5.95. The first-order valence-electron chi connectivity index (χ1n) is 5.45. The van der Waals surface area contributed by atoms with E-state index in [-0.39, 0.29) is 5.97 Å². The molecular formula is C15H14O2. The van der Waals surface area contributed by atoms with Crippen molar-refractivity contribution in [3.05, 3.63) is 54.1 Å². The Balaban J connectivity index is 2.55. The standard InChI is InChI=1S/C15H14O2/c1-10(2)15(16)17-14-11(3)8-9-12-6-4-5-7-13(12)14/h4-9H,1H2,2-3H3. The molecule has 86 valence electrons. The van der Waals surface area contributed by atoms with E-state index in [1.54, 1.807) is 6.92 Å². The molecule has 0 atom stereocenters. The number of rotatable bonds is 2. The molecule has 2 aromatic rings. The van der Waals surface area contributed by atoms with Crippen molar-refractivity contribution in [1.82, 2.24) is 0 Å². The van der Waals surface area contributed by atoms with Gasteiger partial charge in [-0.15, -0.1) is 0 Å². The first-order valence-corrected chi connectivity index (χ1v) is 5.45. The largest absolute Gasteiger partial charge is 0.422 e. The summed E-state index contributed by atoms with van der Waals surface area (Å²) in [4.78, 5) is 11.6. The van der Waals surface area contributed by atoms with Gasteiger partial charge in [-0.2, -0.15) is 0 Å². The average molecular weight is 226 g/mol. The quantitative estimate of drug-likeness (QED) is 0.444. The van der Waals surface area contributed by atoms with Crippen LogP contribution in [-0.4, -0.2) is 5.97 Å². The highest BCUT2D eigenvalue weighted by Crippen LogP contribution is 2.29. The molecule has 0 aliphatic rings. The van der Waals surface area contributed by atoms with Crippen molar-refractivity contribution in [2.45, 2.75) is 13.8 Å². The van der Waals surface area contributed by atoms with Crippen molar-refractivity contribution in [1.29, 1.82) is 0 Å². The van der Waals surface area contributed by atoms with Crippen LogP contribution in [0, 0.1) is 6.92 Å². The summed E-state index contributed by atoms with van der Waals surface area (Å²) in [5, 5.41) is 2.00. The summed E-state index contributed by atoms with van der Waals surface area (Å²) in [6.07, 6.45) is 0. The molecule has 0 fully saturated rings. The van der Waals surface area contributed by atoms with Gasteiger partial charge in [0.05, 0.1) is 0 Å². The van der Waals surface area contributed by atoms with Crippen LogP contribution >= 0.6 is 0 Å². The maximum absolute atomic E-state index is 11.6. The first kappa shape index (κ1) is 11.4. The van der Waals surface area contributed by atoms with Crippen LogP contribution in [0.1, 0.15) is 12.5 Å². The SMILES string of the molecule is C=C(C)C(=O)Oc1c(C)ccc2ccccc12. The molecule has 0 heterocycles. The minimum atomic E-state index is -0.385. The van der Waals surface area contributed by atoms with Gasteiger partial charge in [-0.05, 0) is 24.8 Å². The lowest BCUT2D eigenvalue weighted by Crippen LogP contribution is -2.09. The lowest BCUT2D eigenvalue weighted by atomic mass is 10.1. The summed E-state index contributed by atoms with van der Waals surface area (Å²) < 4.78 is 5.38. The molecule has 0 aliphatic heterocycles. The molecule has 2 nitrogen and oxygen atoms in total. The molecule has 0 N–H and O–H groups in total. The third-order valence-electron chi connectivity index (χ3n) is 2.62. The summed E-state index contributed by atoms with van der Waals surface area (Å²) in [6.45, 7) is 7.15. The topological polar surface area (TPSA) is 26.3 Å². The van der Waals surface area contributed by atoms with Crippen molar-refractivity contribution >= 4 is 16.7 Å². The average Bonchev–Trinajstić information content (AvgIpc) is 2.32. The summed E-state index contributed by atoms with van der Waals surface area (Å²) in [6, 6.07) is 11.8. The van der Waals surface area contributed by atoms with Gasteiger partial charge in [-0.25, -0.2) is 4.79 Å². The fraction of sp³-hybridized carbons (Fsp3) is 0.133. The van der Waals surface area contributed by atoms with Gasteiger partial charge in [0.2, 0.25) is 0 Å². The van der Waals surface area contributed by atoms with Crippen LogP contribution in [0.2, 0.25) is 0 Å². The fourth-order valence-electron chi connectivity index (χ4n) is 1.67. The van der Waals surface area contributed by atoms with Gasteiger partial charge < -0.3 is 4.74 Å². The van der Waals surface area contributed by atoms with Crippen molar-refractivity contribution in [2.75, 3.05) is 0 Å². The van der Waals surface area contributed by atoms with Gasteiger partial charge >= 0.3 is 5.97 Å². The number of carbonyl (C=O) groups excluding carboxylic acids is 1. The molecule has 0 aliphatic carbocycles. The second kappa shape index (κ2) is 4.42. The van der Waals surface area contributed by atoms with Crippen LogP contribution in [0.15, 0.2) is 48.6 Å². The molecule has 0 spiro atoms. The molecule has 0 saturated carbocycles. The highest BCUT2D eigenvalue weighted by Gasteiger charge is 2.11. The summed E-state index contributed by atoms with van der Waals surface area (Å²) in [5.74, 6) is 0.237. The Morgan fingerprint density at radius 2 is 1.88 bits per heavy atom. The minimum absolute atomic E-state index is 0.385. The number of ether oxygens (including phenoxy) is 1. The number of fused-ring (bicyclic) bond motifs is 1. The minimum Gasteiger partial charge on any atom is -0.422 e. The van der Waals surface area contributed by atoms with E-state index in [0.29, 0.717) is 11.3 Å². The monoisotopic (exact) mass is 226 g/mol. The fourth-order valence-corrected chi connectivity index (χ4v) is 1.67. The van der Waals surface area contributed by atoms with Crippen molar-refractivity contribution in [3.63, 3.8) is 0 Å². The number of esters is 1. The van der Waals surface area contributed by atoms with Crippen molar-refractivity contribution in [2.24, 2.45) is 0 Å². The van der Waals surface area contributed by atoms with Crippen LogP contribution in [0.25, 0.3) is 10.8 Å². The molecule has 2 heteroatoms. The van der Waals surface area contributed by atoms with Gasteiger partial charge in [0.1, 0.15) is 5.75 Å². The maximum atomic E-state index is 11.6.